The van der Waals surface area contributed by atoms with Gasteiger partial charge in [0, 0.05) is 19.8 Å². The van der Waals surface area contributed by atoms with Gasteiger partial charge in [0.05, 0.1) is 4.90 Å². The summed E-state index contributed by atoms with van der Waals surface area (Å²) in [6.07, 6.45) is 0.0712. The van der Waals surface area contributed by atoms with Crippen molar-refractivity contribution in [1.82, 2.24) is 4.72 Å². The molecule has 0 aromatic heterocycles. The van der Waals surface area contributed by atoms with Crippen molar-refractivity contribution in [3.63, 3.8) is 0 Å². The lowest BCUT2D eigenvalue weighted by Gasteiger charge is -2.19. The van der Waals surface area contributed by atoms with Crippen molar-refractivity contribution in [2.24, 2.45) is 0 Å². The fourth-order valence-corrected chi connectivity index (χ4v) is 3.73. The van der Waals surface area contributed by atoms with E-state index in [1.165, 1.54) is 6.07 Å². The second-order valence-corrected chi connectivity index (χ2v) is 7.76. The van der Waals surface area contributed by atoms with E-state index >= 15 is 0 Å². The zero-order valence-electron chi connectivity index (χ0n) is 14.4. The largest absolute Gasteiger partial charge is 0.480 e. The lowest BCUT2D eigenvalue weighted by atomic mass is 10.1. The van der Waals surface area contributed by atoms with Crippen molar-refractivity contribution in [3.05, 3.63) is 59.7 Å². The molecular formula is C18H22N2O4S. The first-order valence-corrected chi connectivity index (χ1v) is 9.26. The predicted molar refractivity (Wildman–Crippen MR) is 97.4 cm³/mol. The molecule has 25 heavy (non-hydrogen) atoms. The molecule has 2 aromatic rings. The summed E-state index contributed by atoms with van der Waals surface area (Å²) >= 11 is 0. The number of nitrogens with zero attached hydrogens (tertiary/aromatic N) is 1. The molecule has 0 fully saturated rings. The van der Waals surface area contributed by atoms with E-state index in [9.17, 15) is 18.3 Å². The first kappa shape index (κ1) is 19.0. The molecule has 0 saturated carbocycles. The molecule has 0 aliphatic heterocycles. The zero-order chi connectivity index (χ0) is 18.6. The highest BCUT2D eigenvalue weighted by Gasteiger charge is 2.26. The topological polar surface area (TPSA) is 86.7 Å². The van der Waals surface area contributed by atoms with Crippen molar-refractivity contribution in [3.8, 4) is 0 Å². The third-order valence-corrected chi connectivity index (χ3v) is 5.32. The molecule has 0 bridgehead atoms. The first-order chi connectivity index (χ1) is 11.7. The number of aryl methyl sites for hydroxylation is 1. The summed E-state index contributed by atoms with van der Waals surface area (Å²) < 4.78 is 27.6. The van der Waals surface area contributed by atoms with Gasteiger partial charge in [-0.2, -0.15) is 4.72 Å². The summed E-state index contributed by atoms with van der Waals surface area (Å²) in [4.78, 5) is 13.4. The Balaban J connectivity index is 2.29. The second kappa shape index (κ2) is 7.67. The Bertz CT molecular complexity index is 849. The highest BCUT2D eigenvalue weighted by atomic mass is 32.2. The molecule has 1 atom stereocenters. The molecule has 0 amide bonds. The van der Waals surface area contributed by atoms with Gasteiger partial charge in [-0.15, -0.1) is 0 Å². The van der Waals surface area contributed by atoms with Crippen LogP contribution in [0.15, 0.2) is 53.4 Å². The SMILES string of the molecule is Cc1ccc(S(=O)(=O)N[C@@H](Cc2ccccc2)C(=O)O)cc1N(C)C. The minimum atomic E-state index is -3.95. The summed E-state index contributed by atoms with van der Waals surface area (Å²) in [6.45, 7) is 1.88. The van der Waals surface area contributed by atoms with Gasteiger partial charge in [-0.1, -0.05) is 36.4 Å². The number of hydrogen-bond acceptors (Lipinski definition) is 4. The Hall–Kier alpha value is -2.38. The van der Waals surface area contributed by atoms with Crippen LogP contribution in [0.3, 0.4) is 0 Å². The molecule has 2 N–H and O–H groups in total. The van der Waals surface area contributed by atoms with Crippen molar-refractivity contribution >= 4 is 21.7 Å². The molecule has 0 saturated heterocycles. The van der Waals surface area contributed by atoms with Crippen molar-refractivity contribution in [1.29, 1.82) is 0 Å². The summed E-state index contributed by atoms with van der Waals surface area (Å²) in [6, 6.07) is 12.4. The smallest absolute Gasteiger partial charge is 0.322 e. The van der Waals surface area contributed by atoms with Gasteiger partial charge in [-0.25, -0.2) is 8.42 Å². The van der Waals surface area contributed by atoms with Gasteiger partial charge in [-0.3, -0.25) is 4.79 Å². The molecule has 134 valence electrons. The summed E-state index contributed by atoms with van der Waals surface area (Å²) in [5.74, 6) is -1.22. The van der Waals surface area contributed by atoms with Crippen LogP contribution in [0.25, 0.3) is 0 Å². The summed E-state index contributed by atoms with van der Waals surface area (Å²) in [7, 11) is -0.313. The molecule has 0 aliphatic carbocycles. The molecule has 7 heteroatoms. The van der Waals surface area contributed by atoms with Gasteiger partial charge in [-0.05, 0) is 36.6 Å². The Morgan fingerprint density at radius 1 is 1.16 bits per heavy atom. The van der Waals surface area contributed by atoms with Gasteiger partial charge in [0.15, 0.2) is 0 Å². The van der Waals surface area contributed by atoms with Crippen LogP contribution in [0.1, 0.15) is 11.1 Å². The quantitative estimate of drug-likeness (QED) is 0.787. The van der Waals surface area contributed by atoms with E-state index in [0.717, 1.165) is 16.8 Å². The van der Waals surface area contributed by atoms with Crippen LogP contribution < -0.4 is 9.62 Å². The fourth-order valence-electron chi connectivity index (χ4n) is 2.52. The summed E-state index contributed by atoms with van der Waals surface area (Å²) in [5.41, 5.74) is 2.44. The normalized spacial score (nSPS) is 12.6. The van der Waals surface area contributed by atoms with Crippen molar-refractivity contribution < 1.29 is 18.3 Å². The van der Waals surface area contributed by atoms with E-state index in [1.807, 2.05) is 32.0 Å². The predicted octanol–water partition coefficient (Wildman–Crippen LogP) is 2.04. The van der Waals surface area contributed by atoms with Crippen LogP contribution in [0.2, 0.25) is 0 Å². The van der Waals surface area contributed by atoms with Gasteiger partial charge in [0.2, 0.25) is 10.0 Å². The van der Waals surface area contributed by atoms with Gasteiger partial charge in [0.1, 0.15) is 6.04 Å². The molecule has 0 unspecified atom stereocenters. The van der Waals surface area contributed by atoms with Crippen LogP contribution in [-0.2, 0) is 21.2 Å². The Morgan fingerprint density at radius 2 is 1.80 bits per heavy atom. The number of sulfonamides is 1. The average Bonchev–Trinajstić information content (AvgIpc) is 2.54. The van der Waals surface area contributed by atoms with Crippen molar-refractivity contribution in [2.45, 2.75) is 24.3 Å². The van der Waals surface area contributed by atoms with E-state index in [0.29, 0.717) is 0 Å². The van der Waals surface area contributed by atoms with Crippen LogP contribution >= 0.6 is 0 Å². The number of carboxylic acid groups (broad SMARTS) is 1. The minimum Gasteiger partial charge on any atom is -0.480 e. The van der Waals surface area contributed by atoms with Crippen molar-refractivity contribution in [2.75, 3.05) is 19.0 Å². The van der Waals surface area contributed by atoms with Gasteiger partial charge in [0.25, 0.3) is 0 Å². The highest BCUT2D eigenvalue weighted by molar-refractivity contribution is 7.89. The number of nitrogens with one attached hydrogen (secondary N) is 1. The maximum Gasteiger partial charge on any atom is 0.322 e. The van der Waals surface area contributed by atoms with E-state index in [4.69, 9.17) is 0 Å². The maximum absolute atomic E-state index is 12.6. The minimum absolute atomic E-state index is 0.0427. The Kier molecular flexibility index (Phi) is 5.81. The average molecular weight is 362 g/mol. The molecule has 6 nitrogen and oxygen atoms in total. The van der Waals surface area contributed by atoms with Crippen LogP contribution in [0.5, 0.6) is 0 Å². The molecule has 0 radical (unpaired) electrons. The van der Waals surface area contributed by atoms with E-state index < -0.39 is 22.0 Å². The molecule has 2 aromatic carbocycles. The van der Waals surface area contributed by atoms with Crippen LogP contribution in [-0.4, -0.2) is 39.6 Å². The van der Waals surface area contributed by atoms with Crippen LogP contribution in [0, 0.1) is 6.92 Å². The fraction of sp³-hybridized carbons (Fsp3) is 0.278. The molecule has 2 rings (SSSR count). The Labute approximate surface area is 148 Å². The molecule has 0 spiro atoms. The number of rotatable bonds is 7. The summed E-state index contributed by atoms with van der Waals surface area (Å²) in [5, 5.41) is 9.40. The number of aliphatic carboxylic acids is 1. The maximum atomic E-state index is 12.6. The molecule has 0 aliphatic rings. The number of carboxylic acids is 1. The molecule has 0 heterocycles. The number of anilines is 1. The van der Waals surface area contributed by atoms with Gasteiger partial charge < -0.3 is 10.0 Å². The first-order valence-electron chi connectivity index (χ1n) is 7.78. The number of carbonyl (C=O) groups is 1. The van der Waals surface area contributed by atoms with Gasteiger partial charge >= 0.3 is 5.97 Å². The standard InChI is InChI=1S/C18H22N2O4S/c1-13-9-10-15(12-17(13)20(2)3)25(23,24)19-16(18(21)22)11-14-7-5-4-6-8-14/h4-10,12,16,19H,11H2,1-3H3,(H,21,22)/t16-/m0/s1. The third-order valence-electron chi connectivity index (χ3n) is 3.85. The number of benzene rings is 2. The monoisotopic (exact) mass is 362 g/mol. The van der Waals surface area contributed by atoms with E-state index in [2.05, 4.69) is 4.72 Å². The molecular weight excluding hydrogens is 340 g/mol. The number of hydrogen-bond donors (Lipinski definition) is 2. The second-order valence-electron chi connectivity index (χ2n) is 6.04. The lowest BCUT2D eigenvalue weighted by Crippen LogP contribution is -2.42. The van der Waals surface area contributed by atoms with E-state index in [1.54, 1.807) is 36.4 Å². The van der Waals surface area contributed by atoms with Crippen LogP contribution in [0.4, 0.5) is 5.69 Å². The zero-order valence-corrected chi connectivity index (χ0v) is 15.2. The lowest BCUT2D eigenvalue weighted by molar-refractivity contribution is -0.138. The third kappa shape index (κ3) is 4.80. The van der Waals surface area contributed by atoms with E-state index in [-0.39, 0.29) is 11.3 Å². The highest BCUT2D eigenvalue weighted by Crippen LogP contribution is 2.22. The Morgan fingerprint density at radius 3 is 2.36 bits per heavy atom.